The molecule has 0 aliphatic heterocycles. The van der Waals surface area contributed by atoms with Gasteiger partial charge in [-0.25, -0.2) is 0 Å². The van der Waals surface area contributed by atoms with E-state index in [2.05, 4.69) is 10.1 Å². The predicted octanol–water partition coefficient (Wildman–Crippen LogP) is 2.48. The number of hydrogen-bond acceptors (Lipinski definition) is 5. The molecule has 0 aliphatic carbocycles. The van der Waals surface area contributed by atoms with Gasteiger partial charge in [0.05, 0.1) is 18.9 Å². The molecular formula is C13H11N3O2. The van der Waals surface area contributed by atoms with Gasteiger partial charge in [-0.05, 0) is 23.8 Å². The van der Waals surface area contributed by atoms with Crippen molar-refractivity contribution in [3.05, 3.63) is 36.7 Å². The third-order valence-corrected chi connectivity index (χ3v) is 2.84. The highest BCUT2D eigenvalue weighted by Gasteiger charge is 2.13. The Labute approximate surface area is 103 Å². The molecule has 5 nitrogen and oxygen atoms in total. The summed E-state index contributed by atoms with van der Waals surface area (Å²) in [6, 6.07) is 7.62. The van der Waals surface area contributed by atoms with Gasteiger partial charge in [-0.1, -0.05) is 11.2 Å². The van der Waals surface area contributed by atoms with E-state index in [1.165, 1.54) is 0 Å². The second-order valence-corrected chi connectivity index (χ2v) is 3.82. The Morgan fingerprint density at radius 3 is 2.83 bits per heavy atom. The second-order valence-electron chi connectivity index (χ2n) is 3.82. The molecule has 0 bridgehead atoms. The number of anilines is 1. The Hall–Kier alpha value is -2.56. The Balaban J connectivity index is 2.35. The van der Waals surface area contributed by atoms with Gasteiger partial charge in [0.25, 0.3) is 0 Å². The zero-order valence-corrected chi connectivity index (χ0v) is 9.75. The lowest BCUT2D eigenvalue weighted by molar-refractivity contribution is 0.419. The van der Waals surface area contributed by atoms with Crippen molar-refractivity contribution in [2.24, 2.45) is 0 Å². The summed E-state index contributed by atoms with van der Waals surface area (Å²) in [5.74, 6) is 1.02. The maximum Gasteiger partial charge on any atom is 0.229 e. The molecule has 0 amide bonds. The van der Waals surface area contributed by atoms with Crippen LogP contribution in [0, 0.1) is 0 Å². The number of hydrogen-bond donors (Lipinski definition) is 1. The minimum absolute atomic E-state index is 0.297. The van der Waals surface area contributed by atoms with Gasteiger partial charge in [0.1, 0.15) is 11.3 Å². The fourth-order valence-electron chi connectivity index (χ4n) is 2.00. The van der Waals surface area contributed by atoms with Gasteiger partial charge in [-0.15, -0.1) is 0 Å². The SMILES string of the molecule is COc1ccc(-c2cnoc2N)c2cccnc12. The van der Waals surface area contributed by atoms with Gasteiger partial charge < -0.3 is 15.0 Å². The van der Waals surface area contributed by atoms with Gasteiger partial charge in [0.15, 0.2) is 0 Å². The molecule has 90 valence electrons. The molecule has 1 aromatic carbocycles. The number of ether oxygens (including phenoxy) is 1. The summed E-state index contributed by atoms with van der Waals surface area (Å²) >= 11 is 0. The summed E-state index contributed by atoms with van der Waals surface area (Å²) in [6.07, 6.45) is 3.33. The summed E-state index contributed by atoms with van der Waals surface area (Å²) in [5, 5.41) is 4.65. The van der Waals surface area contributed by atoms with Crippen LogP contribution in [0.3, 0.4) is 0 Å². The highest BCUT2D eigenvalue weighted by atomic mass is 16.5. The molecular weight excluding hydrogens is 230 g/mol. The van der Waals surface area contributed by atoms with Crippen LogP contribution in [0.25, 0.3) is 22.0 Å². The molecule has 2 heterocycles. The van der Waals surface area contributed by atoms with Crippen molar-refractivity contribution in [2.75, 3.05) is 12.8 Å². The molecule has 0 aliphatic rings. The minimum Gasteiger partial charge on any atom is -0.494 e. The number of nitrogen functional groups attached to an aromatic ring is 1. The van der Waals surface area contributed by atoms with Crippen LogP contribution in [0.1, 0.15) is 0 Å². The van der Waals surface area contributed by atoms with Crippen LogP contribution in [0.5, 0.6) is 5.75 Å². The van der Waals surface area contributed by atoms with Crippen LogP contribution in [-0.4, -0.2) is 17.3 Å². The topological polar surface area (TPSA) is 74.2 Å². The molecule has 0 saturated carbocycles. The number of nitrogens with two attached hydrogens (primary N) is 1. The lowest BCUT2D eigenvalue weighted by Crippen LogP contribution is -1.91. The van der Waals surface area contributed by atoms with E-state index in [9.17, 15) is 0 Å². The smallest absolute Gasteiger partial charge is 0.229 e. The average Bonchev–Trinajstić information content (AvgIpc) is 2.83. The van der Waals surface area contributed by atoms with Gasteiger partial charge >= 0.3 is 0 Å². The first kappa shape index (κ1) is 10.6. The summed E-state index contributed by atoms with van der Waals surface area (Å²) in [6.45, 7) is 0. The molecule has 0 saturated heterocycles. The van der Waals surface area contributed by atoms with Gasteiger partial charge in [-0.3, -0.25) is 4.98 Å². The van der Waals surface area contributed by atoms with Crippen LogP contribution in [0.15, 0.2) is 41.2 Å². The average molecular weight is 241 g/mol. The Morgan fingerprint density at radius 1 is 1.22 bits per heavy atom. The zero-order valence-electron chi connectivity index (χ0n) is 9.75. The molecule has 0 radical (unpaired) electrons. The first-order chi connectivity index (χ1) is 8.81. The number of rotatable bonds is 2. The van der Waals surface area contributed by atoms with E-state index < -0.39 is 0 Å². The first-order valence-electron chi connectivity index (χ1n) is 5.43. The lowest BCUT2D eigenvalue weighted by Gasteiger charge is -2.08. The number of pyridine rings is 1. The quantitative estimate of drug-likeness (QED) is 0.746. The summed E-state index contributed by atoms with van der Waals surface area (Å²) in [4.78, 5) is 4.34. The Bertz CT molecular complexity index is 706. The van der Waals surface area contributed by atoms with Crippen LogP contribution >= 0.6 is 0 Å². The van der Waals surface area contributed by atoms with E-state index in [1.54, 1.807) is 19.5 Å². The normalized spacial score (nSPS) is 10.7. The molecule has 0 atom stereocenters. The van der Waals surface area contributed by atoms with Crippen molar-refractivity contribution in [3.63, 3.8) is 0 Å². The molecule has 0 unspecified atom stereocenters. The van der Waals surface area contributed by atoms with E-state index in [1.807, 2.05) is 24.3 Å². The fourth-order valence-corrected chi connectivity index (χ4v) is 2.00. The number of nitrogens with zero attached hydrogens (tertiary/aromatic N) is 2. The number of fused-ring (bicyclic) bond motifs is 1. The van der Waals surface area contributed by atoms with Crippen LogP contribution < -0.4 is 10.5 Å². The molecule has 0 spiro atoms. The van der Waals surface area contributed by atoms with Crippen molar-refractivity contribution in [3.8, 4) is 16.9 Å². The first-order valence-corrected chi connectivity index (χ1v) is 5.43. The van der Waals surface area contributed by atoms with Crippen LogP contribution in [0.4, 0.5) is 5.88 Å². The highest BCUT2D eigenvalue weighted by molar-refractivity contribution is 5.99. The summed E-state index contributed by atoms with van der Waals surface area (Å²) < 4.78 is 10.2. The maximum absolute atomic E-state index is 5.75. The Kier molecular flexibility index (Phi) is 2.37. The number of benzene rings is 1. The van der Waals surface area contributed by atoms with Crippen LogP contribution in [0.2, 0.25) is 0 Å². The van der Waals surface area contributed by atoms with Crippen molar-refractivity contribution >= 4 is 16.8 Å². The van der Waals surface area contributed by atoms with Gasteiger partial charge in [0.2, 0.25) is 5.88 Å². The van der Waals surface area contributed by atoms with E-state index in [0.717, 1.165) is 27.8 Å². The fraction of sp³-hybridized carbons (Fsp3) is 0.0769. The van der Waals surface area contributed by atoms with E-state index in [-0.39, 0.29) is 0 Å². The maximum atomic E-state index is 5.75. The molecule has 5 heteroatoms. The van der Waals surface area contributed by atoms with E-state index in [0.29, 0.717) is 5.88 Å². The third-order valence-electron chi connectivity index (χ3n) is 2.84. The number of methoxy groups -OCH3 is 1. The summed E-state index contributed by atoms with van der Waals surface area (Å²) in [5.41, 5.74) is 8.23. The van der Waals surface area contributed by atoms with Crippen LogP contribution in [-0.2, 0) is 0 Å². The molecule has 3 aromatic rings. The molecule has 0 fully saturated rings. The molecule has 18 heavy (non-hydrogen) atoms. The van der Waals surface area contributed by atoms with Crippen molar-refractivity contribution in [1.82, 2.24) is 10.1 Å². The third kappa shape index (κ3) is 1.48. The predicted molar refractivity (Wildman–Crippen MR) is 68.2 cm³/mol. The summed E-state index contributed by atoms with van der Waals surface area (Å²) in [7, 11) is 1.62. The highest BCUT2D eigenvalue weighted by Crippen LogP contribution is 2.35. The largest absolute Gasteiger partial charge is 0.494 e. The number of aromatic nitrogens is 2. The van der Waals surface area contributed by atoms with E-state index >= 15 is 0 Å². The molecule has 3 rings (SSSR count). The zero-order chi connectivity index (χ0) is 12.5. The standard InChI is InChI=1S/C13H11N3O2/c1-17-11-5-4-8(10-7-16-18-13(10)14)9-3-2-6-15-12(9)11/h2-7H,14H2,1H3. The second kappa shape index (κ2) is 4.03. The van der Waals surface area contributed by atoms with Crippen molar-refractivity contribution in [1.29, 1.82) is 0 Å². The van der Waals surface area contributed by atoms with E-state index in [4.69, 9.17) is 15.0 Å². The van der Waals surface area contributed by atoms with Gasteiger partial charge in [-0.2, -0.15) is 0 Å². The lowest BCUT2D eigenvalue weighted by atomic mass is 10.0. The van der Waals surface area contributed by atoms with Crippen molar-refractivity contribution < 1.29 is 9.26 Å². The minimum atomic E-state index is 0.297. The molecule has 2 N–H and O–H groups in total. The monoisotopic (exact) mass is 241 g/mol. The Morgan fingerprint density at radius 2 is 2.11 bits per heavy atom. The van der Waals surface area contributed by atoms with Crippen molar-refractivity contribution in [2.45, 2.75) is 0 Å². The molecule has 2 aromatic heterocycles. The van der Waals surface area contributed by atoms with Gasteiger partial charge in [0, 0.05) is 11.6 Å².